The van der Waals surface area contributed by atoms with Crippen LogP contribution in [0.25, 0.3) is 0 Å². The van der Waals surface area contributed by atoms with Crippen molar-refractivity contribution in [3.63, 3.8) is 0 Å². The van der Waals surface area contributed by atoms with E-state index in [-0.39, 0.29) is 11.7 Å². The van der Waals surface area contributed by atoms with Gasteiger partial charge in [0.2, 0.25) is 5.91 Å². The molecule has 0 radical (unpaired) electrons. The first-order valence-electron chi connectivity index (χ1n) is 7.45. The number of aromatic nitrogens is 2. The van der Waals surface area contributed by atoms with Crippen LogP contribution in [0.1, 0.15) is 18.1 Å². The maximum atomic E-state index is 11.4. The van der Waals surface area contributed by atoms with Gasteiger partial charge in [0, 0.05) is 48.5 Å². The number of nitrogens with zero attached hydrogens (tertiary/aromatic N) is 2. The zero-order chi connectivity index (χ0) is 16.2. The number of anilines is 1. The first kappa shape index (κ1) is 15.0. The molecule has 0 spiro atoms. The molecule has 1 amide bonds. The fourth-order valence-corrected chi connectivity index (χ4v) is 2.62. The van der Waals surface area contributed by atoms with Crippen LogP contribution >= 0.6 is 0 Å². The van der Waals surface area contributed by atoms with Crippen molar-refractivity contribution >= 4 is 11.6 Å². The fourth-order valence-electron chi connectivity index (χ4n) is 2.62. The molecule has 0 aliphatic rings. The van der Waals surface area contributed by atoms with Crippen LogP contribution in [-0.4, -0.2) is 20.1 Å². The highest BCUT2D eigenvalue weighted by atomic mass is 16.3. The normalized spacial score (nSPS) is 10.7. The van der Waals surface area contributed by atoms with Gasteiger partial charge < -0.3 is 19.6 Å². The lowest BCUT2D eigenvalue weighted by Gasteiger charge is -2.15. The van der Waals surface area contributed by atoms with Crippen LogP contribution in [0.4, 0.5) is 5.69 Å². The Balaban J connectivity index is 1.97. The molecule has 23 heavy (non-hydrogen) atoms. The number of rotatable bonds is 5. The molecule has 0 atom stereocenters. The van der Waals surface area contributed by atoms with Crippen LogP contribution in [-0.2, 0) is 17.9 Å². The van der Waals surface area contributed by atoms with Crippen LogP contribution in [0.5, 0.6) is 5.75 Å². The van der Waals surface area contributed by atoms with Crippen molar-refractivity contribution in [3.8, 4) is 5.75 Å². The van der Waals surface area contributed by atoms with Gasteiger partial charge in [-0.2, -0.15) is 0 Å². The second kappa shape index (κ2) is 6.44. The summed E-state index contributed by atoms with van der Waals surface area (Å²) in [7, 11) is 0. The number of hydrogen-bond acceptors (Lipinski definition) is 2. The molecular weight excluding hydrogens is 290 g/mol. The largest absolute Gasteiger partial charge is 0.507 e. The van der Waals surface area contributed by atoms with Gasteiger partial charge >= 0.3 is 0 Å². The zero-order valence-electron chi connectivity index (χ0n) is 12.9. The molecule has 3 rings (SSSR count). The third-order valence-corrected chi connectivity index (χ3v) is 3.63. The molecule has 5 heteroatoms. The number of carbonyl (C=O) groups is 1. The van der Waals surface area contributed by atoms with Gasteiger partial charge in [0.1, 0.15) is 5.75 Å². The van der Waals surface area contributed by atoms with Crippen LogP contribution in [0.2, 0.25) is 0 Å². The molecule has 0 saturated heterocycles. The van der Waals surface area contributed by atoms with E-state index in [0.717, 1.165) is 11.1 Å². The number of amides is 1. The Bertz CT molecular complexity index is 733. The van der Waals surface area contributed by atoms with E-state index in [9.17, 15) is 9.90 Å². The monoisotopic (exact) mass is 309 g/mol. The van der Waals surface area contributed by atoms with Crippen molar-refractivity contribution in [1.29, 1.82) is 0 Å². The minimum Gasteiger partial charge on any atom is -0.507 e. The summed E-state index contributed by atoms with van der Waals surface area (Å²) < 4.78 is 3.96. The number of carbonyl (C=O) groups excluding carboxylic acids is 1. The van der Waals surface area contributed by atoms with Crippen molar-refractivity contribution in [3.05, 3.63) is 72.3 Å². The number of phenols is 1. The van der Waals surface area contributed by atoms with E-state index in [4.69, 9.17) is 0 Å². The van der Waals surface area contributed by atoms with E-state index in [1.54, 1.807) is 0 Å². The molecule has 0 fully saturated rings. The predicted molar refractivity (Wildman–Crippen MR) is 89.5 cm³/mol. The van der Waals surface area contributed by atoms with Gasteiger partial charge in [-0.25, -0.2) is 0 Å². The molecule has 0 unspecified atom stereocenters. The van der Waals surface area contributed by atoms with E-state index < -0.39 is 0 Å². The Labute approximate surface area is 134 Å². The summed E-state index contributed by atoms with van der Waals surface area (Å²) in [5.74, 6) is 0.135. The molecule has 3 aromatic rings. The van der Waals surface area contributed by atoms with Crippen LogP contribution < -0.4 is 5.32 Å². The van der Waals surface area contributed by atoms with Crippen molar-refractivity contribution in [2.24, 2.45) is 0 Å². The van der Waals surface area contributed by atoms with E-state index >= 15 is 0 Å². The molecule has 1 aromatic carbocycles. The molecule has 5 nitrogen and oxygen atoms in total. The Morgan fingerprint density at radius 3 is 1.78 bits per heavy atom. The standard InChI is InChI=1S/C18H19N3O2/c1-14(22)19-17-10-15(12-20-6-2-3-7-20)18(23)16(11-17)13-21-8-4-5-9-21/h2-11,23H,12-13H2,1H3,(H,19,22). The van der Waals surface area contributed by atoms with Gasteiger partial charge in [-0.05, 0) is 36.4 Å². The Morgan fingerprint density at radius 1 is 0.957 bits per heavy atom. The minimum atomic E-state index is -0.130. The van der Waals surface area contributed by atoms with Crippen molar-refractivity contribution in [1.82, 2.24) is 9.13 Å². The average molecular weight is 309 g/mol. The highest BCUT2D eigenvalue weighted by molar-refractivity contribution is 5.89. The van der Waals surface area contributed by atoms with Crippen molar-refractivity contribution in [2.45, 2.75) is 20.0 Å². The van der Waals surface area contributed by atoms with E-state index in [1.807, 2.05) is 70.3 Å². The lowest BCUT2D eigenvalue weighted by molar-refractivity contribution is -0.114. The molecular formula is C18H19N3O2. The SMILES string of the molecule is CC(=O)Nc1cc(Cn2cccc2)c(O)c(Cn2cccc2)c1. The second-order valence-electron chi connectivity index (χ2n) is 5.54. The third kappa shape index (κ3) is 3.63. The quantitative estimate of drug-likeness (QED) is 0.712. The van der Waals surface area contributed by atoms with Gasteiger partial charge in [-0.15, -0.1) is 0 Å². The number of hydrogen-bond donors (Lipinski definition) is 2. The summed E-state index contributed by atoms with van der Waals surface area (Å²) in [5, 5.41) is 13.4. The Kier molecular flexibility index (Phi) is 4.19. The molecule has 0 aliphatic heterocycles. The molecule has 2 N–H and O–H groups in total. The highest BCUT2D eigenvalue weighted by Crippen LogP contribution is 2.29. The lowest BCUT2D eigenvalue weighted by atomic mass is 10.1. The molecule has 0 bridgehead atoms. The first-order chi connectivity index (χ1) is 11.1. The summed E-state index contributed by atoms with van der Waals surface area (Å²) in [5.41, 5.74) is 2.24. The maximum absolute atomic E-state index is 11.4. The predicted octanol–water partition coefficient (Wildman–Crippen LogP) is 3.05. The molecule has 2 heterocycles. The summed E-state index contributed by atoms with van der Waals surface area (Å²) in [4.78, 5) is 11.4. The van der Waals surface area contributed by atoms with Crippen LogP contribution in [0.3, 0.4) is 0 Å². The van der Waals surface area contributed by atoms with Gasteiger partial charge in [0.05, 0.1) is 13.1 Å². The summed E-state index contributed by atoms with van der Waals surface area (Å²) in [6.07, 6.45) is 7.76. The number of nitrogens with one attached hydrogen (secondary N) is 1. The second-order valence-corrected chi connectivity index (χ2v) is 5.54. The van der Waals surface area contributed by atoms with Crippen molar-refractivity contribution in [2.75, 3.05) is 5.32 Å². The van der Waals surface area contributed by atoms with E-state index in [1.165, 1.54) is 6.92 Å². The van der Waals surface area contributed by atoms with Gasteiger partial charge in [-0.1, -0.05) is 0 Å². The number of phenolic OH excluding ortho intramolecular Hbond substituents is 1. The smallest absolute Gasteiger partial charge is 0.221 e. The topological polar surface area (TPSA) is 59.2 Å². The van der Waals surface area contributed by atoms with Gasteiger partial charge in [0.25, 0.3) is 0 Å². The highest BCUT2D eigenvalue weighted by Gasteiger charge is 2.12. The first-order valence-corrected chi connectivity index (χ1v) is 7.45. The summed E-state index contributed by atoms with van der Waals surface area (Å²) >= 11 is 0. The molecule has 0 aliphatic carbocycles. The molecule has 0 saturated carbocycles. The third-order valence-electron chi connectivity index (χ3n) is 3.63. The van der Waals surface area contributed by atoms with E-state index in [0.29, 0.717) is 18.8 Å². The van der Waals surface area contributed by atoms with E-state index in [2.05, 4.69) is 5.32 Å². The maximum Gasteiger partial charge on any atom is 0.221 e. The number of benzene rings is 1. The van der Waals surface area contributed by atoms with Gasteiger partial charge in [-0.3, -0.25) is 4.79 Å². The fraction of sp³-hybridized carbons (Fsp3) is 0.167. The minimum absolute atomic E-state index is 0.130. The summed E-state index contributed by atoms with van der Waals surface area (Å²) in [6, 6.07) is 11.4. The van der Waals surface area contributed by atoms with Crippen LogP contribution in [0, 0.1) is 0 Å². The lowest BCUT2D eigenvalue weighted by Crippen LogP contribution is -2.09. The average Bonchev–Trinajstić information content (AvgIpc) is 3.16. The molecule has 2 aromatic heterocycles. The Hall–Kier alpha value is -2.95. The summed E-state index contributed by atoms with van der Waals surface area (Å²) in [6.45, 7) is 2.57. The van der Waals surface area contributed by atoms with Crippen molar-refractivity contribution < 1.29 is 9.90 Å². The number of aromatic hydroxyl groups is 1. The van der Waals surface area contributed by atoms with Gasteiger partial charge in [0.15, 0.2) is 0 Å². The Morgan fingerprint density at radius 2 is 1.39 bits per heavy atom. The molecule has 118 valence electrons. The zero-order valence-corrected chi connectivity index (χ0v) is 12.9. The van der Waals surface area contributed by atoms with Crippen LogP contribution in [0.15, 0.2) is 61.2 Å².